The lowest BCUT2D eigenvalue weighted by Gasteiger charge is -2.17. The van der Waals surface area contributed by atoms with Crippen molar-refractivity contribution in [3.05, 3.63) is 0 Å². The van der Waals surface area contributed by atoms with Gasteiger partial charge in [-0.1, -0.05) is 13.8 Å². The van der Waals surface area contributed by atoms with Gasteiger partial charge in [0, 0.05) is 32.7 Å². The summed E-state index contributed by atoms with van der Waals surface area (Å²) in [5.74, 6) is 0.715. The average Bonchev–Trinajstić information content (AvgIpc) is 2.63. The van der Waals surface area contributed by atoms with E-state index in [1.807, 2.05) is 4.90 Å². The number of hydrogen-bond donors (Lipinski definition) is 1. The van der Waals surface area contributed by atoms with Crippen LogP contribution >= 0.6 is 12.4 Å². The summed E-state index contributed by atoms with van der Waals surface area (Å²) in [6.07, 6.45) is 1.65. The first-order valence-corrected chi connectivity index (χ1v) is 5.73. The Bertz CT molecular complexity index is 212. The van der Waals surface area contributed by atoms with Gasteiger partial charge in [0.1, 0.15) is 0 Å². The zero-order valence-corrected chi connectivity index (χ0v) is 11.0. The number of carbonyl (C=O) groups excluding carboxylic acids is 1. The summed E-state index contributed by atoms with van der Waals surface area (Å²) < 4.78 is 5.70. The van der Waals surface area contributed by atoms with E-state index in [9.17, 15) is 4.79 Å². The van der Waals surface area contributed by atoms with Crippen LogP contribution in [0.1, 0.15) is 26.7 Å². The molecule has 0 radical (unpaired) electrons. The molecule has 1 unspecified atom stereocenters. The first kappa shape index (κ1) is 15.7. The highest BCUT2D eigenvalue weighted by molar-refractivity contribution is 5.85. The summed E-state index contributed by atoms with van der Waals surface area (Å²) in [5.41, 5.74) is 5.35. The lowest BCUT2D eigenvalue weighted by atomic mass is 10.2. The van der Waals surface area contributed by atoms with Gasteiger partial charge in [-0.3, -0.25) is 4.79 Å². The van der Waals surface area contributed by atoms with Crippen molar-refractivity contribution in [3.63, 3.8) is 0 Å². The molecule has 1 rings (SSSR count). The summed E-state index contributed by atoms with van der Waals surface area (Å²) in [7, 11) is 0. The van der Waals surface area contributed by atoms with Crippen LogP contribution in [0.4, 0.5) is 0 Å². The summed E-state index contributed by atoms with van der Waals surface area (Å²) >= 11 is 0. The minimum absolute atomic E-state index is 0. The van der Waals surface area contributed by atoms with Crippen molar-refractivity contribution >= 4 is 18.3 Å². The molecule has 1 fully saturated rings. The molecule has 0 bridgehead atoms. The van der Waals surface area contributed by atoms with E-state index in [1.54, 1.807) is 0 Å². The summed E-state index contributed by atoms with van der Waals surface area (Å²) in [6.45, 7) is 7.04. The molecule has 0 spiro atoms. The van der Waals surface area contributed by atoms with Crippen LogP contribution in [0.3, 0.4) is 0 Å². The molecule has 1 heterocycles. The molecule has 1 amide bonds. The first-order valence-electron chi connectivity index (χ1n) is 5.73. The third kappa shape index (κ3) is 5.14. The van der Waals surface area contributed by atoms with Crippen molar-refractivity contribution in [2.45, 2.75) is 32.8 Å². The van der Waals surface area contributed by atoms with Gasteiger partial charge in [0.05, 0.1) is 6.10 Å². The van der Waals surface area contributed by atoms with Gasteiger partial charge in [-0.15, -0.1) is 12.4 Å². The molecule has 1 aliphatic heterocycles. The second kappa shape index (κ2) is 7.87. The smallest absolute Gasteiger partial charge is 0.223 e. The van der Waals surface area contributed by atoms with Crippen LogP contribution in [0.5, 0.6) is 0 Å². The quantitative estimate of drug-likeness (QED) is 0.793. The average molecular weight is 251 g/mol. The Kier molecular flexibility index (Phi) is 7.72. The largest absolute Gasteiger partial charge is 0.376 e. The number of nitrogens with two attached hydrogens (primary N) is 1. The zero-order valence-electron chi connectivity index (χ0n) is 10.1. The second-order valence-electron chi connectivity index (χ2n) is 4.52. The van der Waals surface area contributed by atoms with Crippen molar-refractivity contribution in [3.8, 4) is 0 Å². The maximum Gasteiger partial charge on any atom is 0.223 e. The Hall–Kier alpha value is -0.320. The van der Waals surface area contributed by atoms with Gasteiger partial charge in [0.2, 0.25) is 5.91 Å². The summed E-state index contributed by atoms with van der Waals surface area (Å²) in [4.78, 5) is 13.4. The van der Waals surface area contributed by atoms with Crippen LogP contribution in [-0.4, -0.2) is 43.2 Å². The van der Waals surface area contributed by atoms with Gasteiger partial charge in [-0.2, -0.15) is 0 Å². The Morgan fingerprint density at radius 2 is 2.25 bits per heavy atom. The van der Waals surface area contributed by atoms with Crippen LogP contribution in [0.25, 0.3) is 0 Å². The number of amides is 1. The molecule has 4 nitrogen and oxygen atoms in total. The monoisotopic (exact) mass is 250 g/mol. The number of hydrogen-bond acceptors (Lipinski definition) is 3. The van der Waals surface area contributed by atoms with Gasteiger partial charge in [0.15, 0.2) is 0 Å². The molecular formula is C11H23ClN2O2. The number of likely N-dealkylation sites (tertiary alicyclic amines) is 1. The van der Waals surface area contributed by atoms with E-state index < -0.39 is 0 Å². The molecule has 2 N–H and O–H groups in total. The lowest BCUT2D eigenvalue weighted by molar-refractivity contribution is -0.130. The molecule has 1 saturated heterocycles. The van der Waals surface area contributed by atoms with Crippen molar-refractivity contribution < 1.29 is 9.53 Å². The first-order chi connectivity index (χ1) is 7.13. The standard InChI is InChI=1S/C11H22N2O2.ClH/c1-9(2)8-15-10-4-6-13(7-10)11(14)3-5-12;/h9-10H,3-8,12H2,1-2H3;1H. The Morgan fingerprint density at radius 3 is 2.81 bits per heavy atom. The molecule has 0 aliphatic carbocycles. The topological polar surface area (TPSA) is 55.6 Å². The van der Waals surface area contributed by atoms with E-state index in [0.29, 0.717) is 18.9 Å². The van der Waals surface area contributed by atoms with Crippen molar-refractivity contribution in [1.82, 2.24) is 4.90 Å². The minimum atomic E-state index is 0. The van der Waals surface area contributed by atoms with Gasteiger partial charge < -0.3 is 15.4 Å². The van der Waals surface area contributed by atoms with E-state index in [4.69, 9.17) is 10.5 Å². The molecule has 1 aliphatic rings. The summed E-state index contributed by atoms with van der Waals surface area (Å²) in [5, 5.41) is 0. The Labute approximate surface area is 104 Å². The lowest BCUT2D eigenvalue weighted by Crippen LogP contribution is -2.31. The fraction of sp³-hybridized carbons (Fsp3) is 0.909. The molecule has 16 heavy (non-hydrogen) atoms. The molecular weight excluding hydrogens is 228 g/mol. The maximum atomic E-state index is 11.5. The Balaban J connectivity index is 0.00000225. The van der Waals surface area contributed by atoms with E-state index >= 15 is 0 Å². The van der Waals surface area contributed by atoms with Crippen LogP contribution in [0, 0.1) is 5.92 Å². The summed E-state index contributed by atoms with van der Waals surface area (Å²) in [6, 6.07) is 0. The number of carbonyl (C=O) groups is 1. The number of nitrogens with zero attached hydrogens (tertiary/aromatic N) is 1. The molecule has 96 valence electrons. The van der Waals surface area contributed by atoms with E-state index in [1.165, 1.54) is 0 Å². The van der Waals surface area contributed by atoms with Crippen LogP contribution in [-0.2, 0) is 9.53 Å². The van der Waals surface area contributed by atoms with Crippen molar-refractivity contribution in [2.24, 2.45) is 11.7 Å². The predicted molar refractivity (Wildman–Crippen MR) is 66.7 cm³/mol. The SMILES string of the molecule is CC(C)COC1CCN(C(=O)CCN)C1.Cl. The van der Waals surface area contributed by atoms with Crippen molar-refractivity contribution in [2.75, 3.05) is 26.2 Å². The van der Waals surface area contributed by atoms with Gasteiger partial charge in [-0.05, 0) is 12.3 Å². The molecule has 1 atom stereocenters. The molecule has 0 aromatic rings. The van der Waals surface area contributed by atoms with Crippen LogP contribution in [0.15, 0.2) is 0 Å². The number of rotatable bonds is 5. The van der Waals surface area contributed by atoms with E-state index in [0.717, 1.165) is 26.1 Å². The fourth-order valence-electron chi connectivity index (χ4n) is 1.70. The van der Waals surface area contributed by atoms with Crippen molar-refractivity contribution in [1.29, 1.82) is 0 Å². The van der Waals surface area contributed by atoms with E-state index in [-0.39, 0.29) is 24.4 Å². The highest BCUT2D eigenvalue weighted by atomic mass is 35.5. The predicted octanol–water partition coefficient (Wildman–Crippen LogP) is 1.03. The van der Waals surface area contributed by atoms with Crippen LogP contribution < -0.4 is 5.73 Å². The molecule has 0 aromatic heterocycles. The highest BCUT2D eigenvalue weighted by Gasteiger charge is 2.26. The maximum absolute atomic E-state index is 11.5. The molecule has 0 aromatic carbocycles. The van der Waals surface area contributed by atoms with Gasteiger partial charge >= 0.3 is 0 Å². The molecule has 0 saturated carbocycles. The second-order valence-corrected chi connectivity index (χ2v) is 4.52. The fourth-order valence-corrected chi connectivity index (χ4v) is 1.70. The Morgan fingerprint density at radius 1 is 1.56 bits per heavy atom. The van der Waals surface area contributed by atoms with Crippen LogP contribution in [0.2, 0.25) is 0 Å². The third-order valence-electron chi connectivity index (χ3n) is 2.52. The number of halogens is 1. The minimum Gasteiger partial charge on any atom is -0.376 e. The van der Waals surface area contributed by atoms with Gasteiger partial charge in [0.25, 0.3) is 0 Å². The number of ether oxygens (including phenoxy) is 1. The van der Waals surface area contributed by atoms with E-state index in [2.05, 4.69) is 13.8 Å². The normalized spacial score (nSPS) is 20.0. The highest BCUT2D eigenvalue weighted by Crippen LogP contribution is 2.14. The third-order valence-corrected chi connectivity index (χ3v) is 2.52. The molecule has 5 heteroatoms. The van der Waals surface area contributed by atoms with Gasteiger partial charge in [-0.25, -0.2) is 0 Å². The zero-order chi connectivity index (χ0) is 11.3.